The number of anilines is 2. The Bertz CT molecular complexity index is 864. The fourth-order valence-electron chi connectivity index (χ4n) is 2.87. The molecule has 1 heterocycles. The van der Waals surface area contributed by atoms with Crippen LogP contribution < -0.4 is 15.0 Å². The number of amides is 2. The predicted molar refractivity (Wildman–Crippen MR) is 106 cm³/mol. The number of fused-ring (bicyclic) bond motifs is 1. The van der Waals surface area contributed by atoms with E-state index in [9.17, 15) is 9.59 Å². The van der Waals surface area contributed by atoms with Gasteiger partial charge in [0.15, 0.2) is 0 Å². The van der Waals surface area contributed by atoms with Gasteiger partial charge in [0.25, 0.3) is 5.91 Å². The van der Waals surface area contributed by atoms with Crippen LogP contribution in [-0.2, 0) is 4.79 Å². The van der Waals surface area contributed by atoms with E-state index in [0.29, 0.717) is 35.8 Å². The van der Waals surface area contributed by atoms with E-state index in [-0.39, 0.29) is 11.8 Å². The molecule has 0 bridgehead atoms. The van der Waals surface area contributed by atoms with E-state index < -0.39 is 5.41 Å². The Morgan fingerprint density at radius 3 is 2.73 bits per heavy atom. The van der Waals surface area contributed by atoms with Crippen LogP contribution in [-0.4, -0.2) is 25.0 Å². The number of carbonyl (C=O) groups is 2. The molecule has 0 fully saturated rings. The lowest BCUT2D eigenvalue weighted by Crippen LogP contribution is -2.42. The van der Waals surface area contributed by atoms with Gasteiger partial charge in [-0.2, -0.15) is 0 Å². The average Bonchev–Trinajstić information content (AvgIpc) is 2.70. The van der Waals surface area contributed by atoms with Gasteiger partial charge in [-0.05, 0) is 57.2 Å². The summed E-state index contributed by atoms with van der Waals surface area (Å²) in [5, 5.41) is 2.88. The van der Waals surface area contributed by atoms with Crippen LogP contribution in [0, 0.1) is 5.41 Å². The van der Waals surface area contributed by atoms with Crippen LogP contribution in [0.25, 0.3) is 0 Å². The summed E-state index contributed by atoms with van der Waals surface area (Å²) in [6.07, 6.45) is 0. The average molecular weight is 417 g/mol. The quantitative estimate of drug-likeness (QED) is 0.802. The molecule has 0 atom stereocenters. The highest BCUT2D eigenvalue weighted by atomic mass is 79.9. The maximum Gasteiger partial charge on any atom is 0.255 e. The molecule has 3 rings (SSSR count). The van der Waals surface area contributed by atoms with Gasteiger partial charge in [-0.25, -0.2) is 0 Å². The van der Waals surface area contributed by atoms with Crippen molar-refractivity contribution >= 4 is 39.1 Å². The zero-order valence-corrected chi connectivity index (χ0v) is 16.6. The SMILES string of the molecule is CCN1C(=O)C(C)(C)COc2ccc(NC(=O)c3cccc(Br)c3)cc21. The second-order valence-electron chi connectivity index (χ2n) is 6.87. The number of rotatable bonds is 3. The highest BCUT2D eigenvalue weighted by molar-refractivity contribution is 9.10. The lowest BCUT2D eigenvalue weighted by atomic mass is 9.93. The molecule has 26 heavy (non-hydrogen) atoms. The topological polar surface area (TPSA) is 58.6 Å². The molecule has 2 amide bonds. The second-order valence-corrected chi connectivity index (χ2v) is 7.78. The Hall–Kier alpha value is -2.34. The van der Waals surface area contributed by atoms with Crippen molar-refractivity contribution in [1.82, 2.24) is 0 Å². The van der Waals surface area contributed by atoms with Crippen LogP contribution in [0.15, 0.2) is 46.9 Å². The van der Waals surface area contributed by atoms with Crippen molar-refractivity contribution in [2.24, 2.45) is 5.41 Å². The minimum absolute atomic E-state index is 0.00853. The van der Waals surface area contributed by atoms with Gasteiger partial charge >= 0.3 is 0 Å². The predicted octanol–water partition coefficient (Wildman–Crippen LogP) is 4.47. The van der Waals surface area contributed by atoms with Gasteiger partial charge in [-0.1, -0.05) is 22.0 Å². The molecule has 5 nitrogen and oxygen atoms in total. The third-order valence-electron chi connectivity index (χ3n) is 4.32. The van der Waals surface area contributed by atoms with Crippen molar-refractivity contribution < 1.29 is 14.3 Å². The van der Waals surface area contributed by atoms with E-state index in [1.54, 1.807) is 35.2 Å². The maximum absolute atomic E-state index is 12.8. The Kier molecular flexibility index (Phi) is 5.05. The number of nitrogens with zero attached hydrogens (tertiary/aromatic N) is 1. The Morgan fingerprint density at radius 2 is 2.04 bits per heavy atom. The van der Waals surface area contributed by atoms with Crippen molar-refractivity contribution in [1.29, 1.82) is 0 Å². The molecule has 2 aromatic carbocycles. The zero-order valence-electron chi connectivity index (χ0n) is 15.0. The van der Waals surface area contributed by atoms with E-state index >= 15 is 0 Å². The molecule has 0 radical (unpaired) electrons. The first-order chi connectivity index (χ1) is 12.3. The maximum atomic E-state index is 12.8. The first kappa shape index (κ1) is 18.5. The van der Waals surface area contributed by atoms with Crippen molar-refractivity contribution in [2.75, 3.05) is 23.4 Å². The number of ether oxygens (including phenoxy) is 1. The van der Waals surface area contributed by atoms with Crippen LogP contribution in [0.2, 0.25) is 0 Å². The monoisotopic (exact) mass is 416 g/mol. The summed E-state index contributed by atoms with van der Waals surface area (Å²) < 4.78 is 6.68. The van der Waals surface area contributed by atoms with E-state index in [2.05, 4.69) is 21.2 Å². The molecule has 0 saturated heterocycles. The molecule has 0 aromatic heterocycles. The summed E-state index contributed by atoms with van der Waals surface area (Å²) >= 11 is 3.37. The van der Waals surface area contributed by atoms with E-state index in [4.69, 9.17) is 4.74 Å². The highest BCUT2D eigenvalue weighted by Crippen LogP contribution is 2.38. The van der Waals surface area contributed by atoms with Crippen LogP contribution >= 0.6 is 15.9 Å². The summed E-state index contributed by atoms with van der Waals surface area (Å²) in [7, 11) is 0. The van der Waals surface area contributed by atoms with E-state index in [0.717, 1.165) is 4.47 Å². The fourth-order valence-corrected chi connectivity index (χ4v) is 3.27. The molecule has 1 N–H and O–H groups in total. The standard InChI is InChI=1S/C20H21BrN2O3/c1-4-23-16-11-15(22-18(24)13-6-5-7-14(21)10-13)8-9-17(16)26-12-20(2,3)19(23)25/h5-11H,4,12H2,1-3H3,(H,22,24). The molecular weight excluding hydrogens is 396 g/mol. The molecule has 136 valence electrons. The number of halogens is 1. The lowest BCUT2D eigenvalue weighted by Gasteiger charge is -2.27. The van der Waals surface area contributed by atoms with Crippen LogP contribution in [0.1, 0.15) is 31.1 Å². The summed E-state index contributed by atoms with van der Waals surface area (Å²) in [5.74, 6) is 0.441. The smallest absolute Gasteiger partial charge is 0.255 e. The summed E-state index contributed by atoms with van der Waals surface area (Å²) in [5.41, 5.74) is 1.24. The Balaban J connectivity index is 1.91. The minimum Gasteiger partial charge on any atom is -0.490 e. The van der Waals surface area contributed by atoms with Crippen LogP contribution in [0.3, 0.4) is 0 Å². The van der Waals surface area contributed by atoms with Gasteiger partial charge in [0.2, 0.25) is 5.91 Å². The fraction of sp³-hybridized carbons (Fsp3) is 0.300. The van der Waals surface area contributed by atoms with Crippen molar-refractivity contribution in [3.05, 3.63) is 52.5 Å². The van der Waals surface area contributed by atoms with Gasteiger partial charge < -0.3 is 15.0 Å². The molecule has 0 unspecified atom stereocenters. The molecule has 0 saturated carbocycles. The van der Waals surface area contributed by atoms with Crippen LogP contribution in [0.5, 0.6) is 5.75 Å². The number of hydrogen-bond acceptors (Lipinski definition) is 3. The van der Waals surface area contributed by atoms with Gasteiger partial charge in [-0.3, -0.25) is 9.59 Å². The molecule has 2 aromatic rings. The molecule has 0 spiro atoms. The molecular formula is C20H21BrN2O3. The van der Waals surface area contributed by atoms with Gasteiger partial charge in [-0.15, -0.1) is 0 Å². The Labute approximate surface area is 161 Å². The van der Waals surface area contributed by atoms with Crippen molar-refractivity contribution in [3.8, 4) is 5.75 Å². The number of benzene rings is 2. The number of hydrogen-bond donors (Lipinski definition) is 1. The molecule has 1 aliphatic heterocycles. The van der Waals surface area contributed by atoms with Gasteiger partial charge in [0, 0.05) is 22.3 Å². The van der Waals surface area contributed by atoms with Crippen LogP contribution in [0.4, 0.5) is 11.4 Å². The minimum atomic E-state index is -0.602. The number of nitrogens with one attached hydrogen (secondary N) is 1. The highest BCUT2D eigenvalue weighted by Gasteiger charge is 2.37. The number of carbonyl (C=O) groups excluding carboxylic acids is 2. The second kappa shape index (κ2) is 7.11. The largest absolute Gasteiger partial charge is 0.490 e. The summed E-state index contributed by atoms with van der Waals surface area (Å²) in [6, 6.07) is 12.5. The normalized spacial score (nSPS) is 15.7. The van der Waals surface area contributed by atoms with Gasteiger partial charge in [0.05, 0.1) is 11.1 Å². The summed E-state index contributed by atoms with van der Waals surface area (Å²) in [6.45, 7) is 6.52. The molecule has 0 aliphatic carbocycles. The third kappa shape index (κ3) is 3.60. The van der Waals surface area contributed by atoms with E-state index in [1.807, 2.05) is 32.9 Å². The van der Waals surface area contributed by atoms with E-state index in [1.165, 1.54) is 0 Å². The Morgan fingerprint density at radius 1 is 1.27 bits per heavy atom. The molecule has 6 heteroatoms. The summed E-state index contributed by atoms with van der Waals surface area (Å²) in [4.78, 5) is 27.0. The zero-order chi connectivity index (χ0) is 18.9. The lowest BCUT2D eigenvalue weighted by molar-refractivity contribution is -0.127. The first-order valence-electron chi connectivity index (χ1n) is 8.47. The first-order valence-corrected chi connectivity index (χ1v) is 9.27. The van der Waals surface area contributed by atoms with Crippen molar-refractivity contribution in [2.45, 2.75) is 20.8 Å². The van der Waals surface area contributed by atoms with Gasteiger partial charge in [0.1, 0.15) is 12.4 Å². The van der Waals surface area contributed by atoms with Crippen molar-refractivity contribution in [3.63, 3.8) is 0 Å². The molecule has 1 aliphatic rings. The third-order valence-corrected chi connectivity index (χ3v) is 4.82.